The van der Waals surface area contributed by atoms with Crippen LogP contribution in [0.4, 0.5) is 0 Å². The van der Waals surface area contributed by atoms with Gasteiger partial charge in [-0.3, -0.25) is 15.0 Å². The first-order valence-corrected chi connectivity index (χ1v) is 9.33. The van der Waals surface area contributed by atoms with Crippen molar-refractivity contribution in [1.82, 2.24) is 15.8 Å². The summed E-state index contributed by atoms with van der Waals surface area (Å²) in [5.41, 5.74) is 6.91. The van der Waals surface area contributed by atoms with Crippen LogP contribution in [-0.4, -0.2) is 50.7 Å². The van der Waals surface area contributed by atoms with Crippen molar-refractivity contribution in [3.63, 3.8) is 0 Å². The summed E-state index contributed by atoms with van der Waals surface area (Å²) in [6.07, 6.45) is 0. The van der Waals surface area contributed by atoms with Gasteiger partial charge < -0.3 is 19.1 Å². The molecule has 2 aromatic rings. The molecular weight excluding hydrogens is 374 g/mol. The van der Waals surface area contributed by atoms with E-state index in [2.05, 4.69) is 10.9 Å². The van der Waals surface area contributed by atoms with E-state index < -0.39 is 5.54 Å². The molecule has 2 aliphatic rings. The van der Waals surface area contributed by atoms with Crippen LogP contribution in [-0.2, 0) is 21.6 Å². The molecule has 8 nitrogen and oxygen atoms in total. The largest absolute Gasteiger partial charge is 0.497 e. The molecule has 1 fully saturated rings. The number of ether oxygens (including phenoxy) is 3. The van der Waals surface area contributed by atoms with Crippen molar-refractivity contribution in [3.8, 4) is 11.5 Å². The molecule has 0 bridgehead atoms. The van der Waals surface area contributed by atoms with Crippen LogP contribution in [0.25, 0.3) is 0 Å². The number of benzene rings is 2. The van der Waals surface area contributed by atoms with Gasteiger partial charge in [-0.2, -0.15) is 0 Å². The van der Waals surface area contributed by atoms with E-state index in [1.54, 1.807) is 25.2 Å². The number of nitrogens with one attached hydrogen (secondary N) is 2. The Hall–Kier alpha value is -3.10. The van der Waals surface area contributed by atoms with Crippen LogP contribution < -0.4 is 20.3 Å². The Morgan fingerprint density at radius 2 is 1.79 bits per heavy atom. The SMILES string of the molecule is COCCOc1ccc([C@]2(CN3Cc4ccc(OC)cc4C3=O)NNC2=O)cc1. The van der Waals surface area contributed by atoms with Crippen molar-refractivity contribution in [2.24, 2.45) is 0 Å². The van der Waals surface area contributed by atoms with E-state index in [-0.39, 0.29) is 18.4 Å². The summed E-state index contributed by atoms with van der Waals surface area (Å²) >= 11 is 0. The lowest BCUT2D eigenvalue weighted by molar-refractivity contribution is -0.141. The van der Waals surface area contributed by atoms with Gasteiger partial charge in [-0.15, -0.1) is 0 Å². The fourth-order valence-corrected chi connectivity index (χ4v) is 3.63. The Bertz CT molecular complexity index is 930. The first-order valence-electron chi connectivity index (χ1n) is 9.33. The second kappa shape index (κ2) is 7.73. The molecule has 0 aliphatic carbocycles. The molecule has 29 heavy (non-hydrogen) atoms. The molecule has 2 aromatic carbocycles. The monoisotopic (exact) mass is 397 g/mol. The van der Waals surface area contributed by atoms with Crippen molar-refractivity contribution < 1.29 is 23.8 Å². The van der Waals surface area contributed by atoms with Gasteiger partial charge >= 0.3 is 0 Å². The highest BCUT2D eigenvalue weighted by Gasteiger charge is 2.50. The van der Waals surface area contributed by atoms with Gasteiger partial charge in [0, 0.05) is 19.2 Å². The zero-order valence-electron chi connectivity index (χ0n) is 16.4. The second-order valence-electron chi connectivity index (χ2n) is 7.03. The Morgan fingerprint density at radius 3 is 2.41 bits per heavy atom. The molecule has 1 atom stereocenters. The highest BCUT2D eigenvalue weighted by molar-refractivity contribution is 6.00. The second-order valence-corrected chi connectivity index (χ2v) is 7.03. The van der Waals surface area contributed by atoms with Gasteiger partial charge in [0.15, 0.2) is 5.54 Å². The quantitative estimate of drug-likeness (QED) is 0.651. The Balaban J connectivity index is 1.53. The topological polar surface area (TPSA) is 89.1 Å². The smallest absolute Gasteiger partial charge is 0.262 e. The number of hydrazine groups is 1. The summed E-state index contributed by atoms with van der Waals surface area (Å²) in [6, 6.07) is 12.8. The van der Waals surface area contributed by atoms with E-state index in [9.17, 15) is 9.59 Å². The number of amides is 2. The van der Waals surface area contributed by atoms with E-state index in [0.29, 0.717) is 36.8 Å². The van der Waals surface area contributed by atoms with Gasteiger partial charge in [-0.1, -0.05) is 18.2 Å². The third-order valence-electron chi connectivity index (χ3n) is 5.30. The summed E-state index contributed by atoms with van der Waals surface area (Å²) in [6.45, 7) is 1.62. The van der Waals surface area contributed by atoms with Gasteiger partial charge in [0.1, 0.15) is 18.1 Å². The lowest BCUT2D eigenvalue weighted by Gasteiger charge is -2.44. The average molecular weight is 397 g/mol. The summed E-state index contributed by atoms with van der Waals surface area (Å²) in [5.74, 6) is 1.04. The van der Waals surface area contributed by atoms with E-state index in [4.69, 9.17) is 14.2 Å². The lowest BCUT2D eigenvalue weighted by Crippen LogP contribution is -2.75. The number of nitrogens with zero attached hydrogens (tertiary/aromatic N) is 1. The van der Waals surface area contributed by atoms with Gasteiger partial charge in [0.25, 0.3) is 11.8 Å². The normalized spacial score (nSPS) is 20.1. The van der Waals surface area contributed by atoms with Crippen molar-refractivity contribution in [3.05, 3.63) is 59.2 Å². The van der Waals surface area contributed by atoms with Crippen LogP contribution in [0.3, 0.4) is 0 Å². The fraction of sp³-hybridized carbons (Fsp3) is 0.333. The Morgan fingerprint density at radius 1 is 1.03 bits per heavy atom. The van der Waals surface area contributed by atoms with Crippen LogP contribution >= 0.6 is 0 Å². The molecule has 2 aliphatic heterocycles. The standard InChI is InChI=1S/C21H23N3O5/c1-27-9-10-29-16-7-4-15(5-8-16)21(20(26)22-23-21)13-24-12-14-3-6-17(28-2)11-18(14)19(24)25/h3-8,11,23H,9-10,12-13H2,1-2H3,(H,22,26)/t21-/m0/s1. The number of hydrogen-bond acceptors (Lipinski definition) is 6. The Kier molecular flexibility index (Phi) is 5.12. The zero-order chi connectivity index (χ0) is 20.4. The predicted octanol–water partition coefficient (Wildman–Crippen LogP) is 1.21. The van der Waals surface area contributed by atoms with E-state index in [1.165, 1.54) is 0 Å². The van der Waals surface area contributed by atoms with Crippen molar-refractivity contribution >= 4 is 11.8 Å². The summed E-state index contributed by atoms with van der Waals surface area (Å²) in [5, 5.41) is 0. The minimum absolute atomic E-state index is 0.112. The van der Waals surface area contributed by atoms with E-state index in [1.807, 2.05) is 36.4 Å². The highest BCUT2D eigenvalue weighted by atomic mass is 16.5. The molecule has 2 amide bonds. The van der Waals surface area contributed by atoms with E-state index >= 15 is 0 Å². The van der Waals surface area contributed by atoms with Crippen LogP contribution in [0.1, 0.15) is 21.5 Å². The average Bonchev–Trinajstić information content (AvgIpc) is 3.06. The number of methoxy groups -OCH3 is 2. The molecule has 0 spiro atoms. The van der Waals surface area contributed by atoms with Crippen LogP contribution in [0.5, 0.6) is 11.5 Å². The third kappa shape index (κ3) is 3.41. The number of carbonyl (C=O) groups is 2. The van der Waals surface area contributed by atoms with Crippen LogP contribution in [0, 0.1) is 0 Å². The van der Waals surface area contributed by atoms with Gasteiger partial charge in [0.05, 0.1) is 20.3 Å². The maximum absolute atomic E-state index is 12.9. The third-order valence-corrected chi connectivity index (χ3v) is 5.30. The first kappa shape index (κ1) is 19.2. The minimum Gasteiger partial charge on any atom is -0.497 e. The number of rotatable bonds is 8. The molecule has 0 radical (unpaired) electrons. The highest BCUT2D eigenvalue weighted by Crippen LogP contribution is 2.33. The molecule has 152 valence electrons. The fourth-order valence-electron chi connectivity index (χ4n) is 3.63. The molecule has 1 saturated heterocycles. The van der Waals surface area contributed by atoms with Crippen molar-refractivity contribution in [1.29, 1.82) is 0 Å². The maximum Gasteiger partial charge on any atom is 0.262 e. The minimum atomic E-state index is -0.993. The van der Waals surface area contributed by atoms with Gasteiger partial charge in [0.2, 0.25) is 0 Å². The zero-order valence-corrected chi connectivity index (χ0v) is 16.4. The molecule has 8 heteroatoms. The molecule has 2 heterocycles. The Labute approximate surface area is 168 Å². The summed E-state index contributed by atoms with van der Waals surface area (Å²) in [7, 11) is 3.18. The van der Waals surface area contributed by atoms with E-state index in [0.717, 1.165) is 11.1 Å². The molecule has 0 saturated carbocycles. The van der Waals surface area contributed by atoms with Gasteiger partial charge in [-0.05, 0) is 35.4 Å². The lowest BCUT2D eigenvalue weighted by atomic mass is 9.86. The number of fused-ring (bicyclic) bond motifs is 1. The van der Waals surface area contributed by atoms with Crippen molar-refractivity contribution in [2.45, 2.75) is 12.1 Å². The molecule has 2 N–H and O–H groups in total. The van der Waals surface area contributed by atoms with Gasteiger partial charge in [-0.25, -0.2) is 5.43 Å². The van der Waals surface area contributed by atoms with Crippen LogP contribution in [0.2, 0.25) is 0 Å². The summed E-state index contributed by atoms with van der Waals surface area (Å²) < 4.78 is 15.8. The molecule has 0 unspecified atom stereocenters. The first-order chi connectivity index (χ1) is 14.1. The summed E-state index contributed by atoms with van der Waals surface area (Å²) in [4.78, 5) is 27.1. The number of hydrogen-bond donors (Lipinski definition) is 2. The maximum atomic E-state index is 12.9. The van der Waals surface area contributed by atoms with Crippen LogP contribution in [0.15, 0.2) is 42.5 Å². The number of carbonyl (C=O) groups excluding carboxylic acids is 2. The molecule has 0 aromatic heterocycles. The van der Waals surface area contributed by atoms with Crippen molar-refractivity contribution in [2.75, 3.05) is 34.0 Å². The molecular formula is C21H23N3O5. The predicted molar refractivity (Wildman–Crippen MR) is 105 cm³/mol. The molecule has 4 rings (SSSR count).